The summed E-state index contributed by atoms with van der Waals surface area (Å²) in [7, 11) is -3.75. The summed E-state index contributed by atoms with van der Waals surface area (Å²) in [6.45, 7) is 9.11. The highest BCUT2D eigenvalue weighted by atomic mass is 32.2. The van der Waals surface area contributed by atoms with E-state index in [1.54, 1.807) is 18.3 Å². The average molecular weight is 460 g/mol. The Bertz CT molecular complexity index is 1410. The largest absolute Gasteiger partial charge is 0.342 e. The number of hydrogen-bond donors (Lipinski definition) is 1. The van der Waals surface area contributed by atoms with Crippen molar-refractivity contribution in [3.05, 3.63) is 101 Å². The van der Waals surface area contributed by atoms with E-state index in [0.29, 0.717) is 0 Å². The van der Waals surface area contributed by atoms with Gasteiger partial charge in [-0.1, -0.05) is 75.4 Å². The van der Waals surface area contributed by atoms with E-state index in [9.17, 15) is 8.42 Å². The van der Waals surface area contributed by atoms with Crippen LogP contribution in [0.5, 0.6) is 0 Å². The van der Waals surface area contributed by atoms with Gasteiger partial charge in [-0.2, -0.15) is 13.5 Å². The first-order chi connectivity index (χ1) is 15.6. The van der Waals surface area contributed by atoms with Crippen LogP contribution in [-0.2, 0) is 22.0 Å². The van der Waals surface area contributed by atoms with E-state index in [0.717, 1.165) is 28.6 Å². The second-order valence-corrected chi connectivity index (χ2v) is 10.9. The molecule has 1 N–H and O–H groups in total. The van der Waals surface area contributed by atoms with E-state index in [2.05, 4.69) is 60.4 Å². The van der Waals surface area contributed by atoms with E-state index >= 15 is 0 Å². The molecule has 6 heteroatoms. The Labute approximate surface area is 195 Å². The maximum atomic E-state index is 12.7. The Hall–Kier alpha value is -3.38. The van der Waals surface area contributed by atoms with Gasteiger partial charge >= 0.3 is 0 Å². The number of fused-ring (bicyclic) bond motifs is 1. The van der Waals surface area contributed by atoms with E-state index in [1.807, 2.05) is 48.7 Å². The Morgan fingerprint density at radius 2 is 1.61 bits per heavy atom. The number of nitrogens with zero attached hydrogens (tertiary/aromatic N) is 2. The summed E-state index contributed by atoms with van der Waals surface area (Å²) in [5.74, 6) is 0. The van der Waals surface area contributed by atoms with E-state index in [4.69, 9.17) is 0 Å². The summed E-state index contributed by atoms with van der Waals surface area (Å²) < 4.78 is 27.6. The standard InChI is InChI=1S/C27H29N3O2S/c1-20-9-5-6-10-21(20)18-30-19-22(25-11-7-8-12-26(25)30)17-28-29-33(31,32)24-15-13-23(14-16-24)27(2,3)4/h5-17,19,29H,18H2,1-4H3. The van der Waals surface area contributed by atoms with Gasteiger partial charge in [-0.25, -0.2) is 4.83 Å². The van der Waals surface area contributed by atoms with E-state index < -0.39 is 10.0 Å². The fourth-order valence-electron chi connectivity index (χ4n) is 3.83. The average Bonchev–Trinajstić information content (AvgIpc) is 3.12. The number of para-hydroxylation sites is 1. The monoisotopic (exact) mass is 459 g/mol. The topological polar surface area (TPSA) is 63.5 Å². The fourth-order valence-corrected chi connectivity index (χ4v) is 4.62. The molecule has 1 heterocycles. The predicted molar refractivity (Wildman–Crippen MR) is 135 cm³/mol. The lowest BCUT2D eigenvalue weighted by Crippen LogP contribution is -2.19. The first-order valence-electron chi connectivity index (χ1n) is 10.9. The number of rotatable bonds is 6. The summed E-state index contributed by atoms with van der Waals surface area (Å²) in [6, 6.07) is 23.3. The number of benzene rings is 3. The predicted octanol–water partition coefficient (Wildman–Crippen LogP) is 5.61. The van der Waals surface area contributed by atoms with Crippen LogP contribution in [0.2, 0.25) is 0 Å². The van der Waals surface area contributed by atoms with Gasteiger partial charge in [0, 0.05) is 29.2 Å². The van der Waals surface area contributed by atoms with Gasteiger partial charge in [-0.05, 0) is 47.2 Å². The molecule has 0 aliphatic heterocycles. The third kappa shape index (κ3) is 5.01. The summed E-state index contributed by atoms with van der Waals surface area (Å²) in [6.07, 6.45) is 3.57. The fraction of sp³-hybridized carbons (Fsp3) is 0.222. The normalized spacial score (nSPS) is 12.5. The second kappa shape index (κ2) is 8.87. The summed E-state index contributed by atoms with van der Waals surface area (Å²) >= 11 is 0. The van der Waals surface area contributed by atoms with Gasteiger partial charge in [-0.15, -0.1) is 0 Å². The van der Waals surface area contributed by atoms with E-state index in [1.165, 1.54) is 11.1 Å². The minimum Gasteiger partial charge on any atom is -0.342 e. The third-order valence-electron chi connectivity index (χ3n) is 5.83. The van der Waals surface area contributed by atoms with Crippen LogP contribution in [0, 0.1) is 6.92 Å². The molecule has 0 saturated carbocycles. The first kappa shape index (κ1) is 22.8. The van der Waals surface area contributed by atoms with Crippen molar-refractivity contribution in [1.82, 2.24) is 9.40 Å². The molecule has 0 radical (unpaired) electrons. The Morgan fingerprint density at radius 3 is 2.30 bits per heavy atom. The maximum Gasteiger partial charge on any atom is 0.276 e. The van der Waals surface area contributed by atoms with Crippen LogP contribution < -0.4 is 4.83 Å². The lowest BCUT2D eigenvalue weighted by atomic mass is 9.87. The van der Waals surface area contributed by atoms with Crippen LogP contribution in [0.3, 0.4) is 0 Å². The number of nitrogens with one attached hydrogen (secondary N) is 1. The maximum absolute atomic E-state index is 12.7. The highest BCUT2D eigenvalue weighted by molar-refractivity contribution is 7.89. The van der Waals surface area contributed by atoms with Gasteiger partial charge in [0.1, 0.15) is 0 Å². The molecule has 170 valence electrons. The quantitative estimate of drug-likeness (QED) is 0.301. The molecule has 0 amide bonds. The lowest BCUT2D eigenvalue weighted by Gasteiger charge is -2.19. The van der Waals surface area contributed by atoms with Crippen LogP contribution >= 0.6 is 0 Å². The molecular formula is C27H29N3O2S. The van der Waals surface area contributed by atoms with Crippen molar-refractivity contribution in [2.75, 3.05) is 0 Å². The van der Waals surface area contributed by atoms with Gasteiger partial charge in [0.25, 0.3) is 10.0 Å². The summed E-state index contributed by atoms with van der Waals surface area (Å²) in [4.78, 5) is 2.54. The molecule has 3 aromatic carbocycles. The molecule has 0 spiro atoms. The van der Waals surface area contributed by atoms with Gasteiger partial charge in [-0.3, -0.25) is 0 Å². The Kier molecular flexibility index (Phi) is 6.13. The molecule has 4 rings (SSSR count). The van der Waals surface area contributed by atoms with Crippen LogP contribution in [0.4, 0.5) is 0 Å². The molecule has 1 aromatic heterocycles. The third-order valence-corrected chi connectivity index (χ3v) is 7.07. The molecule has 0 aliphatic carbocycles. The van der Waals surface area contributed by atoms with Crippen molar-refractivity contribution >= 4 is 27.1 Å². The smallest absolute Gasteiger partial charge is 0.276 e. The highest BCUT2D eigenvalue weighted by Gasteiger charge is 2.17. The SMILES string of the molecule is Cc1ccccc1Cn1cc(C=NNS(=O)(=O)c2ccc(C(C)(C)C)cc2)c2ccccc21. The van der Waals surface area contributed by atoms with Crippen LogP contribution in [0.1, 0.15) is 43.0 Å². The molecule has 0 unspecified atom stereocenters. The molecule has 0 saturated heterocycles. The summed E-state index contributed by atoms with van der Waals surface area (Å²) in [5, 5.41) is 5.09. The minimum atomic E-state index is -3.75. The molecule has 0 atom stereocenters. The lowest BCUT2D eigenvalue weighted by molar-refractivity contribution is 0.580. The number of aromatic nitrogens is 1. The molecular weight excluding hydrogens is 430 g/mol. The molecule has 4 aromatic rings. The van der Waals surface area contributed by atoms with Crippen molar-refractivity contribution in [2.24, 2.45) is 5.10 Å². The molecule has 0 bridgehead atoms. The molecule has 33 heavy (non-hydrogen) atoms. The van der Waals surface area contributed by atoms with Crippen molar-refractivity contribution in [1.29, 1.82) is 0 Å². The van der Waals surface area contributed by atoms with Crippen molar-refractivity contribution < 1.29 is 8.42 Å². The van der Waals surface area contributed by atoms with Crippen molar-refractivity contribution in [2.45, 2.75) is 44.6 Å². The number of aryl methyl sites for hydroxylation is 1. The van der Waals surface area contributed by atoms with Gasteiger partial charge in [0.05, 0.1) is 11.1 Å². The van der Waals surface area contributed by atoms with Gasteiger partial charge in [0.15, 0.2) is 0 Å². The Morgan fingerprint density at radius 1 is 0.939 bits per heavy atom. The molecule has 5 nitrogen and oxygen atoms in total. The van der Waals surface area contributed by atoms with Gasteiger partial charge < -0.3 is 4.57 Å². The van der Waals surface area contributed by atoms with Crippen LogP contribution in [0.25, 0.3) is 10.9 Å². The zero-order valence-electron chi connectivity index (χ0n) is 19.4. The zero-order valence-corrected chi connectivity index (χ0v) is 20.2. The summed E-state index contributed by atoms with van der Waals surface area (Å²) in [5.41, 5.74) is 5.43. The molecule has 0 fully saturated rings. The number of sulfonamides is 1. The first-order valence-corrected chi connectivity index (χ1v) is 12.4. The Balaban J connectivity index is 1.57. The minimum absolute atomic E-state index is 0.0413. The second-order valence-electron chi connectivity index (χ2n) is 9.28. The molecule has 0 aliphatic rings. The number of hydrogen-bond acceptors (Lipinski definition) is 3. The van der Waals surface area contributed by atoms with Crippen LogP contribution in [-0.4, -0.2) is 19.2 Å². The van der Waals surface area contributed by atoms with Crippen LogP contribution in [0.15, 0.2) is 89.0 Å². The van der Waals surface area contributed by atoms with Gasteiger partial charge in [0.2, 0.25) is 0 Å². The van der Waals surface area contributed by atoms with Crippen molar-refractivity contribution in [3.8, 4) is 0 Å². The van der Waals surface area contributed by atoms with E-state index in [-0.39, 0.29) is 10.3 Å². The van der Waals surface area contributed by atoms with Crippen molar-refractivity contribution in [3.63, 3.8) is 0 Å². The highest BCUT2D eigenvalue weighted by Crippen LogP contribution is 2.24. The number of hydrazone groups is 1. The zero-order chi connectivity index (χ0) is 23.6.